The minimum Gasteiger partial charge on any atom is -0.490 e. The average Bonchev–Trinajstić information content (AvgIpc) is 2.44. The van der Waals surface area contributed by atoms with Gasteiger partial charge in [-0.1, -0.05) is 19.1 Å². The standard InChI is InChI=1S/C15H17N3O/c1-3-15(2,17)10-19-14-11(8-16)9-18-13-7-5-4-6-12(13)14/h4-7,9H,3,10,17H2,1-2H3. The number of para-hydroxylation sites is 1. The Hall–Kier alpha value is -2.12. The lowest BCUT2D eigenvalue weighted by molar-refractivity contribution is 0.227. The van der Waals surface area contributed by atoms with Gasteiger partial charge in [-0.3, -0.25) is 4.98 Å². The van der Waals surface area contributed by atoms with Crippen LogP contribution in [0.15, 0.2) is 30.5 Å². The summed E-state index contributed by atoms with van der Waals surface area (Å²) in [5, 5.41) is 10.0. The van der Waals surface area contributed by atoms with Crippen molar-refractivity contribution in [3.63, 3.8) is 0 Å². The molecule has 2 N–H and O–H groups in total. The number of ether oxygens (including phenoxy) is 1. The van der Waals surface area contributed by atoms with Crippen LogP contribution in [0.2, 0.25) is 0 Å². The molecule has 0 aliphatic heterocycles. The maximum atomic E-state index is 9.16. The molecule has 2 rings (SSSR count). The molecule has 0 spiro atoms. The molecular formula is C15H17N3O. The monoisotopic (exact) mass is 255 g/mol. The van der Waals surface area contributed by atoms with Gasteiger partial charge in [-0.2, -0.15) is 5.26 Å². The minimum absolute atomic E-state index is 0.367. The highest BCUT2D eigenvalue weighted by atomic mass is 16.5. The number of benzene rings is 1. The zero-order valence-corrected chi connectivity index (χ0v) is 11.2. The fraction of sp³-hybridized carbons (Fsp3) is 0.333. The molecule has 0 aliphatic rings. The van der Waals surface area contributed by atoms with Crippen LogP contribution in [-0.4, -0.2) is 17.1 Å². The Kier molecular flexibility index (Phi) is 3.68. The number of aromatic nitrogens is 1. The Morgan fingerprint density at radius 2 is 2.16 bits per heavy atom. The van der Waals surface area contributed by atoms with Crippen LogP contribution in [0.25, 0.3) is 10.9 Å². The molecule has 19 heavy (non-hydrogen) atoms. The summed E-state index contributed by atoms with van der Waals surface area (Å²) in [7, 11) is 0. The van der Waals surface area contributed by atoms with Crippen LogP contribution < -0.4 is 10.5 Å². The van der Waals surface area contributed by atoms with E-state index in [-0.39, 0.29) is 0 Å². The number of nitrogens with zero attached hydrogens (tertiary/aromatic N) is 2. The molecule has 0 radical (unpaired) electrons. The van der Waals surface area contributed by atoms with Gasteiger partial charge in [-0.15, -0.1) is 0 Å². The van der Waals surface area contributed by atoms with Gasteiger partial charge in [-0.25, -0.2) is 0 Å². The number of fused-ring (bicyclic) bond motifs is 1. The Morgan fingerprint density at radius 1 is 1.42 bits per heavy atom. The summed E-state index contributed by atoms with van der Waals surface area (Å²) in [4.78, 5) is 4.24. The summed E-state index contributed by atoms with van der Waals surface area (Å²) in [6.45, 7) is 4.31. The maximum Gasteiger partial charge on any atom is 0.148 e. The second kappa shape index (κ2) is 5.25. The van der Waals surface area contributed by atoms with Gasteiger partial charge in [0.15, 0.2) is 0 Å². The van der Waals surface area contributed by atoms with Crippen LogP contribution >= 0.6 is 0 Å². The van der Waals surface area contributed by atoms with Crippen LogP contribution in [0.5, 0.6) is 5.75 Å². The number of nitriles is 1. The van der Waals surface area contributed by atoms with Gasteiger partial charge >= 0.3 is 0 Å². The first-order valence-electron chi connectivity index (χ1n) is 6.27. The lowest BCUT2D eigenvalue weighted by Crippen LogP contribution is -2.41. The second-order valence-corrected chi connectivity index (χ2v) is 4.93. The molecule has 1 heterocycles. The van der Waals surface area contributed by atoms with Gasteiger partial charge in [0.05, 0.1) is 5.52 Å². The molecule has 98 valence electrons. The first-order chi connectivity index (χ1) is 9.07. The molecule has 0 bridgehead atoms. The van der Waals surface area contributed by atoms with Crippen molar-refractivity contribution in [2.45, 2.75) is 25.8 Å². The van der Waals surface area contributed by atoms with E-state index in [2.05, 4.69) is 11.1 Å². The predicted octanol–water partition coefficient (Wildman–Crippen LogP) is 2.61. The predicted molar refractivity (Wildman–Crippen MR) is 74.8 cm³/mol. The van der Waals surface area contributed by atoms with Crippen molar-refractivity contribution in [2.75, 3.05) is 6.61 Å². The fourth-order valence-corrected chi connectivity index (χ4v) is 1.69. The lowest BCUT2D eigenvalue weighted by atomic mass is 10.0. The van der Waals surface area contributed by atoms with Crippen molar-refractivity contribution in [3.8, 4) is 11.8 Å². The smallest absolute Gasteiger partial charge is 0.148 e. The van der Waals surface area contributed by atoms with Crippen molar-refractivity contribution in [3.05, 3.63) is 36.0 Å². The molecule has 1 aromatic heterocycles. The van der Waals surface area contributed by atoms with E-state index in [0.29, 0.717) is 17.9 Å². The minimum atomic E-state index is -0.406. The van der Waals surface area contributed by atoms with Gasteiger partial charge in [-0.05, 0) is 25.5 Å². The Labute approximate surface area is 112 Å². The maximum absolute atomic E-state index is 9.16. The lowest BCUT2D eigenvalue weighted by Gasteiger charge is -2.23. The number of pyridine rings is 1. The quantitative estimate of drug-likeness (QED) is 0.911. The van der Waals surface area contributed by atoms with E-state index >= 15 is 0 Å². The van der Waals surface area contributed by atoms with E-state index in [1.54, 1.807) is 0 Å². The van der Waals surface area contributed by atoms with Crippen molar-refractivity contribution in [1.82, 2.24) is 4.98 Å². The highest BCUT2D eigenvalue weighted by Crippen LogP contribution is 2.28. The Bertz CT molecular complexity index is 629. The molecule has 0 amide bonds. The highest BCUT2D eigenvalue weighted by molar-refractivity contribution is 5.87. The molecule has 1 aromatic carbocycles. The normalized spacial score (nSPS) is 13.8. The summed E-state index contributed by atoms with van der Waals surface area (Å²) in [5.41, 5.74) is 6.92. The Morgan fingerprint density at radius 3 is 2.84 bits per heavy atom. The SMILES string of the molecule is CCC(C)(N)COc1c(C#N)cnc2ccccc12. The summed E-state index contributed by atoms with van der Waals surface area (Å²) in [6, 6.07) is 9.72. The third kappa shape index (κ3) is 2.83. The second-order valence-electron chi connectivity index (χ2n) is 4.93. The van der Waals surface area contributed by atoms with Gasteiger partial charge in [0.25, 0.3) is 0 Å². The molecule has 2 aromatic rings. The summed E-state index contributed by atoms with van der Waals surface area (Å²) < 4.78 is 5.81. The van der Waals surface area contributed by atoms with Crippen LogP contribution in [0.1, 0.15) is 25.8 Å². The third-order valence-electron chi connectivity index (χ3n) is 3.20. The zero-order valence-electron chi connectivity index (χ0n) is 11.2. The number of hydrogen-bond donors (Lipinski definition) is 1. The van der Waals surface area contributed by atoms with Crippen molar-refractivity contribution >= 4 is 10.9 Å². The fourth-order valence-electron chi connectivity index (χ4n) is 1.69. The third-order valence-corrected chi connectivity index (χ3v) is 3.20. The van der Waals surface area contributed by atoms with Crippen LogP contribution in [0.4, 0.5) is 0 Å². The zero-order chi connectivity index (χ0) is 13.9. The molecule has 0 fully saturated rings. The van der Waals surface area contributed by atoms with Gasteiger partial charge in [0.1, 0.15) is 24.0 Å². The highest BCUT2D eigenvalue weighted by Gasteiger charge is 2.18. The molecular weight excluding hydrogens is 238 g/mol. The summed E-state index contributed by atoms with van der Waals surface area (Å²) >= 11 is 0. The van der Waals surface area contributed by atoms with Crippen LogP contribution in [-0.2, 0) is 0 Å². The van der Waals surface area contributed by atoms with Crippen LogP contribution in [0, 0.1) is 11.3 Å². The molecule has 4 heteroatoms. The van der Waals surface area contributed by atoms with E-state index < -0.39 is 5.54 Å². The van der Waals surface area contributed by atoms with Gasteiger partial charge in [0.2, 0.25) is 0 Å². The van der Waals surface area contributed by atoms with Crippen LogP contribution in [0.3, 0.4) is 0 Å². The molecule has 4 nitrogen and oxygen atoms in total. The van der Waals surface area contributed by atoms with Crippen molar-refractivity contribution < 1.29 is 4.74 Å². The molecule has 0 saturated heterocycles. The number of rotatable bonds is 4. The molecule has 1 unspecified atom stereocenters. The average molecular weight is 255 g/mol. The molecule has 0 aliphatic carbocycles. The van der Waals surface area contributed by atoms with Crippen molar-refractivity contribution in [2.24, 2.45) is 5.73 Å². The van der Waals surface area contributed by atoms with Gasteiger partial charge < -0.3 is 10.5 Å². The summed E-state index contributed by atoms with van der Waals surface area (Å²) in [6.07, 6.45) is 2.34. The first kappa shape index (κ1) is 13.3. The van der Waals surface area contributed by atoms with E-state index in [1.807, 2.05) is 38.1 Å². The van der Waals surface area contributed by atoms with Gasteiger partial charge in [0, 0.05) is 17.1 Å². The van der Waals surface area contributed by atoms with Crippen molar-refractivity contribution in [1.29, 1.82) is 5.26 Å². The topological polar surface area (TPSA) is 71.9 Å². The number of hydrogen-bond acceptors (Lipinski definition) is 4. The van der Waals surface area contributed by atoms with E-state index in [9.17, 15) is 0 Å². The van der Waals surface area contributed by atoms with E-state index in [0.717, 1.165) is 17.3 Å². The largest absolute Gasteiger partial charge is 0.490 e. The van der Waals surface area contributed by atoms with E-state index in [4.69, 9.17) is 15.7 Å². The first-order valence-corrected chi connectivity index (χ1v) is 6.27. The Balaban J connectivity index is 2.43. The molecule has 0 saturated carbocycles. The summed E-state index contributed by atoms with van der Waals surface area (Å²) in [5.74, 6) is 0.568. The molecule has 1 atom stereocenters. The van der Waals surface area contributed by atoms with E-state index in [1.165, 1.54) is 6.20 Å². The number of nitrogens with two attached hydrogens (primary N) is 1.